The van der Waals surface area contributed by atoms with Gasteiger partial charge in [-0.25, -0.2) is 0 Å². The molecule has 1 aromatic carbocycles. The largest absolute Gasteiger partial charge is 0.316 e. The maximum atomic E-state index is 3.50. The molecule has 2 atom stereocenters. The smallest absolute Gasteiger partial charge is 0.0316 e. The van der Waals surface area contributed by atoms with Crippen molar-refractivity contribution in [1.29, 1.82) is 0 Å². The van der Waals surface area contributed by atoms with Gasteiger partial charge in [0.15, 0.2) is 0 Å². The van der Waals surface area contributed by atoms with Gasteiger partial charge in [0.2, 0.25) is 0 Å². The minimum atomic E-state index is 0.498. The lowest BCUT2D eigenvalue weighted by Crippen LogP contribution is -2.37. The van der Waals surface area contributed by atoms with Crippen LogP contribution < -0.4 is 5.32 Å². The van der Waals surface area contributed by atoms with Gasteiger partial charge in [-0.1, -0.05) is 12.1 Å². The monoisotopic (exact) mass is 278 g/mol. The van der Waals surface area contributed by atoms with Crippen molar-refractivity contribution in [3.8, 4) is 0 Å². The summed E-state index contributed by atoms with van der Waals surface area (Å²) in [6.07, 6.45) is 4.82. The summed E-state index contributed by atoms with van der Waals surface area (Å²) in [7, 11) is 2.25. The van der Waals surface area contributed by atoms with Gasteiger partial charge in [0, 0.05) is 17.5 Å². The molecule has 0 spiro atoms. The van der Waals surface area contributed by atoms with Crippen LogP contribution in [0, 0.1) is 5.92 Å². The summed E-state index contributed by atoms with van der Waals surface area (Å²) >= 11 is 1.80. The van der Waals surface area contributed by atoms with E-state index in [1.807, 2.05) is 0 Å². The quantitative estimate of drug-likeness (QED) is 0.831. The van der Waals surface area contributed by atoms with E-state index >= 15 is 0 Å². The van der Waals surface area contributed by atoms with Gasteiger partial charge in [-0.3, -0.25) is 4.90 Å². The lowest BCUT2D eigenvalue weighted by atomic mass is 9.98. The van der Waals surface area contributed by atoms with Crippen LogP contribution in [0.4, 0.5) is 0 Å². The molecule has 1 saturated heterocycles. The zero-order valence-corrected chi connectivity index (χ0v) is 13.2. The zero-order valence-electron chi connectivity index (χ0n) is 12.4. The Labute approximate surface area is 122 Å². The zero-order chi connectivity index (χ0) is 13.7. The minimum absolute atomic E-state index is 0.498. The molecule has 3 heteroatoms. The second kappa shape index (κ2) is 7.32. The van der Waals surface area contributed by atoms with Gasteiger partial charge in [0.25, 0.3) is 0 Å². The highest BCUT2D eigenvalue weighted by atomic mass is 32.2. The molecule has 2 unspecified atom stereocenters. The Morgan fingerprint density at radius 2 is 2.11 bits per heavy atom. The highest BCUT2D eigenvalue weighted by Crippen LogP contribution is 2.24. The molecule has 0 aromatic heterocycles. The number of nitrogens with zero attached hydrogens (tertiary/aromatic N) is 1. The maximum absolute atomic E-state index is 3.50. The average molecular weight is 278 g/mol. The Morgan fingerprint density at radius 1 is 1.37 bits per heavy atom. The molecule has 1 aliphatic heterocycles. The topological polar surface area (TPSA) is 15.3 Å². The summed E-state index contributed by atoms with van der Waals surface area (Å²) in [5.41, 5.74) is 1.42. The summed E-state index contributed by atoms with van der Waals surface area (Å²) < 4.78 is 0. The molecule has 1 heterocycles. The molecular weight excluding hydrogens is 252 g/mol. The van der Waals surface area contributed by atoms with E-state index in [1.165, 1.54) is 42.9 Å². The maximum Gasteiger partial charge on any atom is 0.0316 e. The number of benzene rings is 1. The van der Waals surface area contributed by atoms with Crippen LogP contribution >= 0.6 is 11.8 Å². The fraction of sp³-hybridized carbons (Fsp3) is 0.625. The summed E-state index contributed by atoms with van der Waals surface area (Å²) in [5.74, 6) is 0.812. The molecule has 1 aromatic rings. The number of rotatable bonds is 5. The van der Waals surface area contributed by atoms with Crippen LogP contribution in [0.25, 0.3) is 0 Å². The molecule has 1 N–H and O–H groups in total. The molecule has 0 amide bonds. The van der Waals surface area contributed by atoms with Crippen molar-refractivity contribution in [3.05, 3.63) is 29.8 Å². The molecular formula is C16H26N2S. The van der Waals surface area contributed by atoms with Crippen molar-refractivity contribution in [3.63, 3.8) is 0 Å². The summed E-state index contributed by atoms with van der Waals surface area (Å²) in [4.78, 5) is 3.83. The van der Waals surface area contributed by atoms with E-state index in [9.17, 15) is 0 Å². The van der Waals surface area contributed by atoms with Crippen LogP contribution in [-0.2, 0) is 0 Å². The number of hydrogen-bond donors (Lipinski definition) is 1. The third kappa shape index (κ3) is 4.23. The lowest BCUT2D eigenvalue weighted by molar-refractivity contribution is 0.199. The normalized spacial score (nSPS) is 21.6. The first-order valence-corrected chi connectivity index (χ1v) is 8.48. The second-order valence-electron chi connectivity index (χ2n) is 5.60. The van der Waals surface area contributed by atoms with E-state index < -0.39 is 0 Å². The Kier molecular flexibility index (Phi) is 5.74. The van der Waals surface area contributed by atoms with E-state index in [1.54, 1.807) is 11.8 Å². The van der Waals surface area contributed by atoms with Gasteiger partial charge < -0.3 is 5.32 Å². The Morgan fingerprint density at radius 3 is 2.68 bits per heavy atom. The van der Waals surface area contributed by atoms with Crippen LogP contribution in [0.2, 0.25) is 0 Å². The van der Waals surface area contributed by atoms with Crippen molar-refractivity contribution in [2.24, 2.45) is 5.92 Å². The summed E-state index contributed by atoms with van der Waals surface area (Å²) in [6, 6.07) is 9.50. The first kappa shape index (κ1) is 14.9. The fourth-order valence-corrected chi connectivity index (χ4v) is 3.19. The molecule has 0 saturated carbocycles. The third-order valence-electron chi connectivity index (χ3n) is 4.20. The molecule has 1 aliphatic rings. The highest BCUT2D eigenvalue weighted by Gasteiger charge is 2.18. The third-order valence-corrected chi connectivity index (χ3v) is 4.95. The van der Waals surface area contributed by atoms with Gasteiger partial charge >= 0.3 is 0 Å². The van der Waals surface area contributed by atoms with Crippen LogP contribution in [-0.4, -0.2) is 37.8 Å². The fourth-order valence-electron chi connectivity index (χ4n) is 2.78. The molecule has 2 rings (SSSR count). The predicted octanol–water partition coefficient (Wildman–Crippen LogP) is 3.40. The van der Waals surface area contributed by atoms with Crippen molar-refractivity contribution in [1.82, 2.24) is 10.2 Å². The van der Waals surface area contributed by atoms with Crippen molar-refractivity contribution in [2.75, 3.05) is 32.9 Å². The van der Waals surface area contributed by atoms with Crippen LogP contribution in [0.5, 0.6) is 0 Å². The molecule has 0 radical (unpaired) electrons. The molecule has 1 fully saturated rings. The van der Waals surface area contributed by atoms with Crippen LogP contribution in [0.3, 0.4) is 0 Å². The SMILES string of the molecule is CSc1ccc(C(C)N(C)CC2CCCNC2)cc1. The predicted molar refractivity (Wildman–Crippen MR) is 84.9 cm³/mol. The van der Waals surface area contributed by atoms with Crippen LogP contribution in [0.15, 0.2) is 29.2 Å². The van der Waals surface area contributed by atoms with Gasteiger partial charge in [-0.05, 0) is 69.8 Å². The lowest BCUT2D eigenvalue weighted by Gasteiger charge is -2.31. The van der Waals surface area contributed by atoms with Gasteiger partial charge in [-0.2, -0.15) is 0 Å². The van der Waals surface area contributed by atoms with Crippen molar-refractivity contribution < 1.29 is 0 Å². The number of hydrogen-bond acceptors (Lipinski definition) is 3. The van der Waals surface area contributed by atoms with E-state index in [2.05, 4.69) is 54.7 Å². The standard InChI is InChI=1S/C16H26N2S/c1-13(15-6-8-16(19-3)9-7-15)18(2)12-14-5-4-10-17-11-14/h6-9,13-14,17H,4-5,10-12H2,1-3H3. The van der Waals surface area contributed by atoms with E-state index in [4.69, 9.17) is 0 Å². The molecule has 2 nitrogen and oxygen atoms in total. The van der Waals surface area contributed by atoms with E-state index in [0.29, 0.717) is 6.04 Å². The van der Waals surface area contributed by atoms with Gasteiger partial charge in [0.1, 0.15) is 0 Å². The van der Waals surface area contributed by atoms with Crippen molar-refractivity contribution >= 4 is 11.8 Å². The second-order valence-corrected chi connectivity index (χ2v) is 6.48. The van der Waals surface area contributed by atoms with Crippen molar-refractivity contribution in [2.45, 2.75) is 30.7 Å². The van der Waals surface area contributed by atoms with Gasteiger partial charge in [-0.15, -0.1) is 11.8 Å². The number of piperidine rings is 1. The summed E-state index contributed by atoms with van der Waals surface area (Å²) in [5, 5.41) is 3.50. The Balaban J connectivity index is 1.91. The number of nitrogens with one attached hydrogen (secondary N) is 1. The Hall–Kier alpha value is -0.510. The molecule has 0 aliphatic carbocycles. The molecule has 19 heavy (non-hydrogen) atoms. The Bertz CT molecular complexity index is 371. The van der Waals surface area contributed by atoms with E-state index in [-0.39, 0.29) is 0 Å². The number of thioether (sulfide) groups is 1. The first-order chi connectivity index (χ1) is 9.20. The van der Waals surface area contributed by atoms with Crippen LogP contribution in [0.1, 0.15) is 31.4 Å². The first-order valence-electron chi connectivity index (χ1n) is 7.25. The molecule has 106 valence electrons. The average Bonchev–Trinajstić information content (AvgIpc) is 2.47. The molecule has 0 bridgehead atoms. The van der Waals surface area contributed by atoms with Gasteiger partial charge in [0.05, 0.1) is 0 Å². The minimum Gasteiger partial charge on any atom is -0.316 e. The van der Waals surface area contributed by atoms with E-state index in [0.717, 1.165) is 5.92 Å². The highest BCUT2D eigenvalue weighted by molar-refractivity contribution is 7.98. The summed E-state index contributed by atoms with van der Waals surface area (Å²) in [6.45, 7) is 5.89.